The first-order valence-corrected chi connectivity index (χ1v) is 7.37. The van der Waals surface area contributed by atoms with Crippen molar-refractivity contribution < 1.29 is 19.0 Å². The Morgan fingerprint density at radius 2 is 1.71 bits per heavy atom. The number of hydrogen-bond acceptors (Lipinski definition) is 6. The Bertz CT molecular complexity index is 719. The van der Waals surface area contributed by atoms with Gasteiger partial charge in [0.25, 0.3) is 0 Å². The zero-order valence-corrected chi connectivity index (χ0v) is 15.4. The molecule has 1 heterocycles. The molecule has 0 aliphatic heterocycles. The maximum Gasteiger partial charge on any atom is 0.340 e. The highest BCUT2D eigenvalue weighted by molar-refractivity contribution is 6.05. The highest BCUT2D eigenvalue weighted by Crippen LogP contribution is 2.35. The molecule has 24 heavy (non-hydrogen) atoms. The predicted molar refractivity (Wildman–Crippen MR) is 95.4 cm³/mol. The maximum atomic E-state index is 12.2. The van der Waals surface area contributed by atoms with Crippen LogP contribution in [-0.4, -0.2) is 50.8 Å². The predicted octanol–water partition coefficient (Wildman–Crippen LogP) is 2.91. The van der Waals surface area contributed by atoms with Crippen molar-refractivity contribution in [2.24, 2.45) is 0 Å². The van der Waals surface area contributed by atoms with Crippen LogP contribution >= 0.6 is 12.4 Å². The van der Waals surface area contributed by atoms with Crippen LogP contribution in [0.15, 0.2) is 18.3 Å². The maximum absolute atomic E-state index is 12.2. The zero-order chi connectivity index (χ0) is 17.0. The van der Waals surface area contributed by atoms with E-state index in [1.807, 2.05) is 25.1 Å². The van der Waals surface area contributed by atoms with Gasteiger partial charge in [-0.1, -0.05) is 0 Å². The number of halogens is 1. The van der Waals surface area contributed by atoms with Gasteiger partial charge < -0.3 is 19.1 Å². The lowest BCUT2D eigenvalue weighted by Crippen LogP contribution is -2.14. The second kappa shape index (κ2) is 8.70. The Morgan fingerprint density at radius 3 is 2.21 bits per heavy atom. The molecule has 2 rings (SSSR count). The Hall–Kier alpha value is -2.05. The van der Waals surface area contributed by atoms with Gasteiger partial charge in [-0.05, 0) is 33.2 Å². The molecule has 0 bridgehead atoms. The quantitative estimate of drug-likeness (QED) is 0.743. The Kier molecular flexibility index (Phi) is 7.25. The molecule has 0 saturated carbocycles. The molecule has 0 fully saturated rings. The van der Waals surface area contributed by atoms with Crippen LogP contribution in [0.4, 0.5) is 0 Å². The number of carbonyl (C=O) groups is 1. The fourth-order valence-electron chi connectivity index (χ4n) is 2.42. The molecule has 0 aliphatic carbocycles. The molecule has 0 unspecified atom stereocenters. The molecule has 0 amide bonds. The van der Waals surface area contributed by atoms with Gasteiger partial charge in [0.2, 0.25) is 0 Å². The van der Waals surface area contributed by atoms with Gasteiger partial charge in [0.15, 0.2) is 11.5 Å². The van der Waals surface area contributed by atoms with Crippen LogP contribution in [0.1, 0.15) is 23.0 Å². The number of esters is 1. The van der Waals surface area contributed by atoms with E-state index in [1.165, 1.54) is 0 Å². The summed E-state index contributed by atoms with van der Waals surface area (Å²) < 4.78 is 15.8. The molecule has 0 spiro atoms. The minimum Gasteiger partial charge on any atom is -0.493 e. The van der Waals surface area contributed by atoms with Gasteiger partial charge in [-0.15, -0.1) is 12.4 Å². The third-order valence-electron chi connectivity index (χ3n) is 3.44. The van der Waals surface area contributed by atoms with Gasteiger partial charge in [-0.25, -0.2) is 4.79 Å². The number of aromatic nitrogens is 1. The van der Waals surface area contributed by atoms with Gasteiger partial charge in [-0.3, -0.25) is 4.98 Å². The van der Waals surface area contributed by atoms with Crippen LogP contribution in [0.25, 0.3) is 10.8 Å². The normalized spacial score (nSPS) is 10.4. The van der Waals surface area contributed by atoms with Crippen LogP contribution in [0, 0.1) is 0 Å². The van der Waals surface area contributed by atoms with Gasteiger partial charge in [0.1, 0.15) is 0 Å². The second-order valence-electron chi connectivity index (χ2n) is 5.33. The van der Waals surface area contributed by atoms with E-state index in [-0.39, 0.29) is 12.4 Å². The lowest BCUT2D eigenvalue weighted by atomic mass is 10.0. The summed E-state index contributed by atoms with van der Waals surface area (Å²) >= 11 is 0. The molecule has 2 aromatic rings. The van der Waals surface area contributed by atoms with Crippen LogP contribution < -0.4 is 9.47 Å². The van der Waals surface area contributed by atoms with E-state index in [1.54, 1.807) is 33.4 Å². The lowest BCUT2D eigenvalue weighted by molar-refractivity contribution is 0.0528. The van der Waals surface area contributed by atoms with Crippen LogP contribution in [0.3, 0.4) is 0 Å². The number of benzene rings is 1. The number of fused-ring (bicyclic) bond motifs is 1. The van der Waals surface area contributed by atoms with Gasteiger partial charge in [0.05, 0.1) is 32.1 Å². The molecule has 132 valence electrons. The van der Waals surface area contributed by atoms with Crippen molar-refractivity contribution in [1.29, 1.82) is 0 Å². The number of carbonyl (C=O) groups excluding carboxylic acids is 1. The van der Waals surface area contributed by atoms with Gasteiger partial charge >= 0.3 is 5.97 Å². The monoisotopic (exact) mass is 354 g/mol. The minimum absolute atomic E-state index is 0. The number of nitrogens with zero attached hydrogens (tertiary/aromatic N) is 2. The smallest absolute Gasteiger partial charge is 0.340 e. The average Bonchev–Trinajstić information content (AvgIpc) is 2.53. The van der Waals surface area contributed by atoms with Crippen LogP contribution in [0.5, 0.6) is 11.5 Å². The van der Waals surface area contributed by atoms with Crippen molar-refractivity contribution in [3.63, 3.8) is 0 Å². The minimum atomic E-state index is -0.395. The molecule has 0 saturated heterocycles. The topological polar surface area (TPSA) is 60.9 Å². The van der Waals surface area contributed by atoms with E-state index in [4.69, 9.17) is 14.2 Å². The summed E-state index contributed by atoms with van der Waals surface area (Å²) in [6, 6.07) is 3.64. The fourth-order valence-corrected chi connectivity index (χ4v) is 2.42. The molecule has 1 aromatic carbocycles. The average molecular weight is 355 g/mol. The van der Waals surface area contributed by atoms with Crippen LogP contribution in [0.2, 0.25) is 0 Å². The van der Waals surface area contributed by atoms with Crippen molar-refractivity contribution in [2.75, 3.05) is 34.9 Å². The molecule has 1 aromatic heterocycles. The van der Waals surface area contributed by atoms with E-state index in [0.717, 1.165) is 16.5 Å². The highest BCUT2D eigenvalue weighted by Gasteiger charge is 2.18. The third kappa shape index (κ3) is 4.07. The van der Waals surface area contributed by atoms with Crippen molar-refractivity contribution in [3.05, 3.63) is 29.6 Å². The second-order valence-corrected chi connectivity index (χ2v) is 5.33. The lowest BCUT2D eigenvalue weighted by Gasteiger charge is -2.16. The van der Waals surface area contributed by atoms with E-state index < -0.39 is 5.97 Å². The third-order valence-corrected chi connectivity index (χ3v) is 3.44. The first-order valence-electron chi connectivity index (χ1n) is 7.37. The number of hydrogen-bond donors (Lipinski definition) is 0. The Labute approximate surface area is 148 Å². The first-order chi connectivity index (χ1) is 11.0. The van der Waals surface area contributed by atoms with Crippen molar-refractivity contribution in [1.82, 2.24) is 9.88 Å². The standard InChI is InChI=1S/C17H22N2O4.ClH/c1-6-23-17(20)13-9-18-14(10-19(2)3)12-8-16(22-5)15(21-4)7-11(12)13;/h7-9H,6,10H2,1-5H3;1H. The molecular weight excluding hydrogens is 332 g/mol. The van der Waals surface area contributed by atoms with E-state index in [2.05, 4.69) is 4.98 Å². The number of ether oxygens (including phenoxy) is 3. The van der Waals surface area contributed by atoms with Crippen molar-refractivity contribution in [2.45, 2.75) is 13.5 Å². The summed E-state index contributed by atoms with van der Waals surface area (Å²) in [5.74, 6) is 0.768. The Balaban J connectivity index is 0.00000288. The molecule has 6 nitrogen and oxygen atoms in total. The van der Waals surface area contributed by atoms with E-state index in [0.29, 0.717) is 30.2 Å². The molecule has 0 radical (unpaired) electrons. The summed E-state index contributed by atoms with van der Waals surface area (Å²) in [5.41, 5.74) is 1.28. The SMILES string of the molecule is CCOC(=O)c1cnc(CN(C)C)c2cc(OC)c(OC)cc12.Cl. The summed E-state index contributed by atoms with van der Waals surface area (Å²) in [5, 5.41) is 1.59. The van der Waals surface area contributed by atoms with Crippen LogP contribution in [-0.2, 0) is 11.3 Å². The fraction of sp³-hybridized carbons (Fsp3) is 0.412. The number of methoxy groups -OCH3 is 2. The molecule has 7 heteroatoms. The van der Waals surface area contributed by atoms with E-state index in [9.17, 15) is 4.79 Å². The van der Waals surface area contributed by atoms with Crippen molar-refractivity contribution >= 4 is 29.1 Å². The van der Waals surface area contributed by atoms with Gasteiger partial charge in [-0.2, -0.15) is 0 Å². The Morgan fingerprint density at radius 1 is 1.12 bits per heavy atom. The molecule has 0 aliphatic rings. The molecule has 0 atom stereocenters. The summed E-state index contributed by atoms with van der Waals surface area (Å²) in [7, 11) is 7.08. The highest BCUT2D eigenvalue weighted by atomic mass is 35.5. The summed E-state index contributed by atoms with van der Waals surface area (Å²) in [4.78, 5) is 18.7. The summed E-state index contributed by atoms with van der Waals surface area (Å²) in [6.45, 7) is 2.74. The van der Waals surface area contributed by atoms with Gasteiger partial charge in [0, 0.05) is 23.5 Å². The van der Waals surface area contributed by atoms with E-state index >= 15 is 0 Å². The molecule has 0 N–H and O–H groups in total. The first kappa shape index (κ1) is 20.0. The number of pyridine rings is 1. The van der Waals surface area contributed by atoms with Crippen molar-refractivity contribution in [3.8, 4) is 11.5 Å². The molecular formula is C17H23ClN2O4. The summed E-state index contributed by atoms with van der Waals surface area (Å²) in [6.07, 6.45) is 1.56. The number of rotatable bonds is 6. The largest absolute Gasteiger partial charge is 0.493 e. The zero-order valence-electron chi connectivity index (χ0n) is 14.6.